The number of benzene rings is 1. The van der Waals surface area contributed by atoms with Gasteiger partial charge in [0.2, 0.25) is 5.91 Å². The molecule has 110 valence electrons. The molecule has 20 heavy (non-hydrogen) atoms. The number of amides is 1. The van der Waals surface area contributed by atoms with Gasteiger partial charge in [0.05, 0.1) is 17.3 Å². The summed E-state index contributed by atoms with van der Waals surface area (Å²) >= 11 is 1.53. The lowest BCUT2D eigenvalue weighted by molar-refractivity contribution is -0.131. The fourth-order valence-electron chi connectivity index (χ4n) is 2.39. The maximum Gasteiger partial charge on any atom is 0.235 e. The van der Waals surface area contributed by atoms with Gasteiger partial charge in [-0.05, 0) is 38.3 Å². The number of hydrogen-bond donors (Lipinski definition) is 1. The van der Waals surface area contributed by atoms with Crippen LogP contribution in [0.3, 0.4) is 0 Å². The summed E-state index contributed by atoms with van der Waals surface area (Å²) in [5.41, 5.74) is 6.41. The van der Waals surface area contributed by atoms with Crippen molar-refractivity contribution in [1.29, 1.82) is 0 Å². The Hall–Kier alpha value is -1.36. The molecule has 1 aromatic carbocycles. The Labute approximate surface area is 124 Å². The topological polar surface area (TPSA) is 55.6 Å². The van der Waals surface area contributed by atoms with Gasteiger partial charge in [0.1, 0.15) is 5.75 Å². The van der Waals surface area contributed by atoms with E-state index in [0.29, 0.717) is 5.69 Å². The zero-order valence-corrected chi connectivity index (χ0v) is 12.9. The minimum atomic E-state index is -0.106. The normalized spacial score (nSPS) is 16.8. The van der Waals surface area contributed by atoms with Crippen LogP contribution in [-0.4, -0.2) is 36.3 Å². The molecule has 0 bridgehead atoms. The van der Waals surface area contributed by atoms with Gasteiger partial charge in [0.25, 0.3) is 0 Å². The van der Waals surface area contributed by atoms with Crippen molar-refractivity contribution in [3.63, 3.8) is 0 Å². The number of carbonyl (C=O) groups is 1. The van der Waals surface area contributed by atoms with Gasteiger partial charge in [-0.3, -0.25) is 4.79 Å². The van der Waals surface area contributed by atoms with Gasteiger partial charge in [-0.25, -0.2) is 0 Å². The fourth-order valence-corrected chi connectivity index (χ4v) is 3.43. The van der Waals surface area contributed by atoms with Gasteiger partial charge in [0, 0.05) is 24.8 Å². The van der Waals surface area contributed by atoms with Crippen LogP contribution in [0.15, 0.2) is 23.1 Å². The summed E-state index contributed by atoms with van der Waals surface area (Å²) in [5.74, 6) is 0.946. The number of carbonyl (C=O) groups excluding carboxylic acids is 1. The molecule has 2 rings (SSSR count). The molecular formula is C15H22N2O2S. The second kappa shape index (κ2) is 6.88. The summed E-state index contributed by atoms with van der Waals surface area (Å²) in [4.78, 5) is 15.3. The number of ether oxygens (including phenoxy) is 1. The molecule has 1 fully saturated rings. The minimum absolute atomic E-state index is 0.106. The highest BCUT2D eigenvalue weighted by Gasteiger charge is 2.23. The standard InChI is InChI=1S/C15H22N2O2S/c1-11(15(18)17-8-4-3-5-9-17)20-14-7-6-12(16)10-13(14)19-2/h6-7,10-11H,3-5,8-9,16H2,1-2H3. The highest BCUT2D eigenvalue weighted by molar-refractivity contribution is 8.00. The molecule has 1 heterocycles. The first-order valence-electron chi connectivity index (χ1n) is 7.01. The van der Waals surface area contributed by atoms with Crippen LogP contribution in [0.25, 0.3) is 0 Å². The van der Waals surface area contributed by atoms with Crippen LogP contribution in [-0.2, 0) is 4.79 Å². The number of rotatable bonds is 4. The number of thioether (sulfide) groups is 1. The SMILES string of the molecule is COc1cc(N)ccc1SC(C)C(=O)N1CCCCC1. The van der Waals surface area contributed by atoms with E-state index in [1.807, 2.05) is 24.0 Å². The van der Waals surface area contributed by atoms with Gasteiger partial charge >= 0.3 is 0 Å². The van der Waals surface area contributed by atoms with Crippen LogP contribution in [0.5, 0.6) is 5.75 Å². The summed E-state index contributed by atoms with van der Waals surface area (Å²) in [7, 11) is 1.62. The third kappa shape index (κ3) is 3.60. The number of nitrogens with zero attached hydrogens (tertiary/aromatic N) is 1. The number of hydrogen-bond acceptors (Lipinski definition) is 4. The number of nitrogen functional groups attached to an aromatic ring is 1. The zero-order valence-electron chi connectivity index (χ0n) is 12.1. The Balaban J connectivity index is 2.03. The summed E-state index contributed by atoms with van der Waals surface area (Å²) in [6.07, 6.45) is 3.47. The first kappa shape index (κ1) is 15.0. The lowest BCUT2D eigenvalue weighted by atomic mass is 10.1. The maximum absolute atomic E-state index is 12.4. The van der Waals surface area contributed by atoms with Crippen molar-refractivity contribution in [3.8, 4) is 5.75 Å². The molecule has 0 aromatic heterocycles. The Bertz CT molecular complexity index is 473. The number of anilines is 1. The Morgan fingerprint density at radius 2 is 2.05 bits per heavy atom. The van der Waals surface area contributed by atoms with Crippen LogP contribution in [0, 0.1) is 0 Å². The first-order chi connectivity index (χ1) is 9.61. The number of likely N-dealkylation sites (tertiary alicyclic amines) is 1. The molecule has 1 aromatic rings. The monoisotopic (exact) mass is 294 g/mol. The summed E-state index contributed by atoms with van der Waals surface area (Å²) < 4.78 is 5.33. The molecule has 5 heteroatoms. The second-order valence-corrected chi connectivity index (χ2v) is 6.44. The van der Waals surface area contributed by atoms with Gasteiger partial charge in [-0.15, -0.1) is 11.8 Å². The summed E-state index contributed by atoms with van der Waals surface area (Å²) in [6.45, 7) is 3.74. The second-order valence-electron chi connectivity index (χ2n) is 5.06. The molecule has 0 saturated carbocycles. The van der Waals surface area contributed by atoms with E-state index < -0.39 is 0 Å². The third-order valence-corrected chi connectivity index (χ3v) is 4.65. The van der Waals surface area contributed by atoms with Crippen molar-refractivity contribution in [3.05, 3.63) is 18.2 Å². The third-order valence-electron chi connectivity index (χ3n) is 3.51. The van der Waals surface area contributed by atoms with E-state index in [4.69, 9.17) is 10.5 Å². The molecule has 0 spiro atoms. The molecule has 1 aliphatic heterocycles. The van der Waals surface area contributed by atoms with Crippen LogP contribution in [0.4, 0.5) is 5.69 Å². The van der Waals surface area contributed by atoms with E-state index in [1.165, 1.54) is 18.2 Å². The maximum atomic E-state index is 12.4. The molecule has 4 nitrogen and oxygen atoms in total. The average molecular weight is 294 g/mol. The molecule has 1 amide bonds. The van der Waals surface area contributed by atoms with E-state index in [0.717, 1.165) is 36.6 Å². The highest BCUT2D eigenvalue weighted by Crippen LogP contribution is 2.34. The van der Waals surface area contributed by atoms with Crippen LogP contribution >= 0.6 is 11.8 Å². The lowest BCUT2D eigenvalue weighted by Gasteiger charge is -2.29. The van der Waals surface area contributed by atoms with E-state index in [1.54, 1.807) is 13.2 Å². The highest BCUT2D eigenvalue weighted by atomic mass is 32.2. The van der Waals surface area contributed by atoms with Crippen molar-refractivity contribution in [2.45, 2.75) is 36.3 Å². The minimum Gasteiger partial charge on any atom is -0.496 e. The Morgan fingerprint density at radius 1 is 1.35 bits per heavy atom. The molecule has 0 aliphatic carbocycles. The molecule has 0 radical (unpaired) electrons. The summed E-state index contributed by atoms with van der Waals surface area (Å²) in [6, 6.07) is 5.54. The van der Waals surface area contributed by atoms with Crippen molar-refractivity contribution < 1.29 is 9.53 Å². The van der Waals surface area contributed by atoms with Crippen LogP contribution in [0.2, 0.25) is 0 Å². The van der Waals surface area contributed by atoms with Gasteiger partial charge in [0.15, 0.2) is 0 Å². The quantitative estimate of drug-likeness (QED) is 0.685. The smallest absolute Gasteiger partial charge is 0.235 e. The van der Waals surface area contributed by atoms with E-state index in [2.05, 4.69) is 0 Å². The van der Waals surface area contributed by atoms with E-state index in [9.17, 15) is 4.79 Å². The predicted octanol–water partition coefficient (Wildman–Crippen LogP) is 2.77. The van der Waals surface area contributed by atoms with Crippen molar-refractivity contribution in [2.75, 3.05) is 25.9 Å². The number of nitrogens with two attached hydrogens (primary N) is 1. The molecule has 1 unspecified atom stereocenters. The molecule has 1 saturated heterocycles. The summed E-state index contributed by atoms with van der Waals surface area (Å²) in [5, 5.41) is -0.106. The predicted molar refractivity (Wildman–Crippen MR) is 83.2 cm³/mol. The van der Waals surface area contributed by atoms with Gasteiger partial charge in [-0.2, -0.15) is 0 Å². The number of methoxy groups -OCH3 is 1. The number of piperidine rings is 1. The van der Waals surface area contributed by atoms with E-state index in [-0.39, 0.29) is 11.2 Å². The molecule has 1 aliphatic rings. The zero-order chi connectivity index (χ0) is 14.5. The molecule has 2 N–H and O–H groups in total. The average Bonchev–Trinajstić information content (AvgIpc) is 2.49. The van der Waals surface area contributed by atoms with Crippen molar-refractivity contribution >= 4 is 23.4 Å². The Kier molecular flexibility index (Phi) is 5.17. The lowest BCUT2D eigenvalue weighted by Crippen LogP contribution is -2.40. The van der Waals surface area contributed by atoms with Gasteiger partial charge < -0.3 is 15.4 Å². The van der Waals surface area contributed by atoms with Crippen molar-refractivity contribution in [2.24, 2.45) is 0 Å². The van der Waals surface area contributed by atoms with Crippen molar-refractivity contribution in [1.82, 2.24) is 4.90 Å². The van der Waals surface area contributed by atoms with Crippen LogP contribution in [0.1, 0.15) is 26.2 Å². The fraction of sp³-hybridized carbons (Fsp3) is 0.533. The first-order valence-corrected chi connectivity index (χ1v) is 7.88. The van der Waals surface area contributed by atoms with Gasteiger partial charge in [-0.1, -0.05) is 0 Å². The Morgan fingerprint density at radius 3 is 2.70 bits per heavy atom. The molecule has 1 atom stereocenters. The van der Waals surface area contributed by atoms with Crippen LogP contribution < -0.4 is 10.5 Å². The molecular weight excluding hydrogens is 272 g/mol. The van der Waals surface area contributed by atoms with E-state index >= 15 is 0 Å². The largest absolute Gasteiger partial charge is 0.496 e.